The van der Waals surface area contributed by atoms with E-state index in [9.17, 15) is 31.1 Å². The van der Waals surface area contributed by atoms with E-state index in [1.165, 1.54) is 36.5 Å². The molecule has 192 valence electrons. The average Bonchev–Trinajstić information content (AvgIpc) is 3.26. The summed E-state index contributed by atoms with van der Waals surface area (Å²) in [6, 6.07) is 17.4. The van der Waals surface area contributed by atoms with E-state index in [0.29, 0.717) is 22.0 Å². The highest BCUT2D eigenvalue weighted by molar-refractivity contribution is 6.13. The average molecular weight is 526 g/mol. The van der Waals surface area contributed by atoms with Gasteiger partial charge < -0.3 is 4.98 Å². The van der Waals surface area contributed by atoms with Gasteiger partial charge in [0.25, 0.3) is 5.91 Å². The lowest BCUT2D eigenvalue weighted by Crippen LogP contribution is -2.19. The SMILES string of the molecule is O=C(N/N=C\c1ccc(C(F)(F)F)cc1)c1cc2c([nH]c3ccccc32)c(-c2ccc(C(F)(F)F)cc2)n1. The van der Waals surface area contributed by atoms with Crippen LogP contribution in [-0.4, -0.2) is 22.1 Å². The molecule has 0 bridgehead atoms. The number of amides is 1. The van der Waals surface area contributed by atoms with Crippen LogP contribution < -0.4 is 5.43 Å². The molecule has 38 heavy (non-hydrogen) atoms. The Morgan fingerprint density at radius 1 is 0.816 bits per heavy atom. The summed E-state index contributed by atoms with van der Waals surface area (Å²) < 4.78 is 77.4. The van der Waals surface area contributed by atoms with Crippen molar-refractivity contribution in [1.29, 1.82) is 0 Å². The summed E-state index contributed by atoms with van der Waals surface area (Å²) >= 11 is 0. The van der Waals surface area contributed by atoms with Gasteiger partial charge in [0, 0.05) is 21.9 Å². The van der Waals surface area contributed by atoms with Gasteiger partial charge in [-0.3, -0.25) is 4.79 Å². The van der Waals surface area contributed by atoms with Crippen LogP contribution in [0.4, 0.5) is 26.3 Å². The van der Waals surface area contributed by atoms with E-state index in [0.717, 1.165) is 35.2 Å². The van der Waals surface area contributed by atoms with Crippen LogP contribution in [0.25, 0.3) is 33.1 Å². The Bertz CT molecular complexity index is 1670. The Hall–Kier alpha value is -4.67. The molecule has 0 saturated heterocycles. The summed E-state index contributed by atoms with van der Waals surface area (Å²) in [4.78, 5) is 20.5. The quantitative estimate of drug-likeness (QED) is 0.148. The van der Waals surface area contributed by atoms with Crippen molar-refractivity contribution in [2.45, 2.75) is 12.4 Å². The second-order valence-electron chi connectivity index (χ2n) is 8.34. The van der Waals surface area contributed by atoms with E-state index in [1.54, 1.807) is 0 Å². The maximum atomic E-state index is 13.1. The Labute approximate surface area is 210 Å². The van der Waals surface area contributed by atoms with Crippen molar-refractivity contribution < 1.29 is 31.1 Å². The first kappa shape index (κ1) is 25.0. The number of benzene rings is 3. The summed E-state index contributed by atoms with van der Waals surface area (Å²) in [6.45, 7) is 0. The summed E-state index contributed by atoms with van der Waals surface area (Å²) in [5.41, 5.74) is 2.84. The Balaban J connectivity index is 1.49. The molecule has 0 saturated carbocycles. The lowest BCUT2D eigenvalue weighted by atomic mass is 10.0. The normalized spacial score (nSPS) is 12.5. The number of aromatic nitrogens is 2. The van der Waals surface area contributed by atoms with Gasteiger partial charge in [-0.2, -0.15) is 31.4 Å². The van der Waals surface area contributed by atoms with Crippen LogP contribution in [0.1, 0.15) is 27.2 Å². The van der Waals surface area contributed by atoms with Crippen molar-refractivity contribution in [3.05, 3.63) is 101 Å². The molecule has 0 spiro atoms. The molecule has 0 aliphatic rings. The Morgan fingerprint density at radius 2 is 1.42 bits per heavy atom. The highest BCUT2D eigenvalue weighted by atomic mass is 19.4. The minimum absolute atomic E-state index is 0.0540. The summed E-state index contributed by atoms with van der Waals surface area (Å²) in [6.07, 6.45) is -7.80. The van der Waals surface area contributed by atoms with E-state index in [4.69, 9.17) is 0 Å². The first-order valence-electron chi connectivity index (χ1n) is 11.1. The largest absolute Gasteiger partial charge is 0.416 e. The number of hydrogen-bond donors (Lipinski definition) is 2. The minimum Gasteiger partial charge on any atom is -0.353 e. The first-order chi connectivity index (χ1) is 18.0. The number of aromatic amines is 1. The summed E-state index contributed by atoms with van der Waals surface area (Å²) in [7, 11) is 0. The van der Waals surface area contributed by atoms with E-state index >= 15 is 0 Å². The maximum absolute atomic E-state index is 13.1. The molecule has 0 atom stereocenters. The molecule has 0 aliphatic heterocycles. The number of fused-ring (bicyclic) bond motifs is 3. The molecule has 3 aromatic carbocycles. The number of nitrogens with one attached hydrogen (secondary N) is 2. The molecule has 5 aromatic rings. The second-order valence-corrected chi connectivity index (χ2v) is 8.34. The van der Waals surface area contributed by atoms with Crippen LogP contribution in [0.5, 0.6) is 0 Å². The van der Waals surface area contributed by atoms with Gasteiger partial charge in [-0.25, -0.2) is 10.4 Å². The van der Waals surface area contributed by atoms with E-state index < -0.39 is 29.4 Å². The molecule has 2 heterocycles. The summed E-state index contributed by atoms with van der Waals surface area (Å²) in [5.74, 6) is -0.714. The molecule has 0 fully saturated rings. The Morgan fingerprint density at radius 3 is 2.05 bits per heavy atom. The predicted octanol–water partition coefficient (Wildman–Crippen LogP) is 7.18. The third kappa shape index (κ3) is 4.95. The third-order valence-electron chi connectivity index (χ3n) is 5.83. The molecule has 0 aliphatic carbocycles. The maximum Gasteiger partial charge on any atom is 0.416 e. The van der Waals surface area contributed by atoms with Crippen LogP contribution in [0.2, 0.25) is 0 Å². The number of H-pyrrole nitrogens is 1. The lowest BCUT2D eigenvalue weighted by molar-refractivity contribution is -0.138. The second kappa shape index (κ2) is 9.33. The van der Waals surface area contributed by atoms with Gasteiger partial charge >= 0.3 is 12.4 Å². The van der Waals surface area contributed by atoms with Crippen LogP contribution in [0.15, 0.2) is 84.0 Å². The van der Waals surface area contributed by atoms with Gasteiger partial charge in [-0.05, 0) is 42.0 Å². The van der Waals surface area contributed by atoms with Gasteiger partial charge in [0.1, 0.15) is 5.69 Å². The fourth-order valence-corrected chi connectivity index (χ4v) is 3.97. The standard InChI is InChI=1S/C27H16F6N4O/c28-26(29,30)17-9-5-15(6-10-17)14-34-37-25(38)22-13-20-19-3-1-2-4-21(19)35-24(20)23(36-22)16-7-11-18(12-8-16)27(31,32)33/h1-14,35H,(H,37,38)/b34-14-. The van der Waals surface area contributed by atoms with Crippen LogP contribution in [-0.2, 0) is 12.4 Å². The molecule has 5 nitrogen and oxygen atoms in total. The van der Waals surface area contributed by atoms with Crippen LogP contribution in [0.3, 0.4) is 0 Å². The van der Waals surface area contributed by atoms with Crippen molar-refractivity contribution in [2.75, 3.05) is 0 Å². The number of para-hydroxylation sites is 1. The van der Waals surface area contributed by atoms with Gasteiger partial charge in [-0.15, -0.1) is 0 Å². The predicted molar refractivity (Wildman–Crippen MR) is 131 cm³/mol. The number of nitrogens with zero attached hydrogens (tertiary/aromatic N) is 2. The van der Waals surface area contributed by atoms with E-state index in [-0.39, 0.29) is 11.4 Å². The van der Waals surface area contributed by atoms with Crippen molar-refractivity contribution >= 4 is 33.9 Å². The molecule has 5 rings (SSSR count). The number of pyridine rings is 1. The van der Waals surface area contributed by atoms with Crippen LogP contribution >= 0.6 is 0 Å². The number of carbonyl (C=O) groups is 1. The fourth-order valence-electron chi connectivity index (χ4n) is 3.97. The number of alkyl halides is 6. The fraction of sp³-hybridized carbons (Fsp3) is 0.0741. The molecule has 2 aromatic heterocycles. The number of carbonyl (C=O) groups excluding carboxylic acids is 1. The Kier molecular flexibility index (Phi) is 6.14. The first-order valence-corrected chi connectivity index (χ1v) is 11.1. The minimum atomic E-state index is -4.50. The van der Waals surface area contributed by atoms with E-state index in [2.05, 4.69) is 20.5 Å². The molecular formula is C27H16F6N4O. The number of hydrazone groups is 1. The van der Waals surface area contributed by atoms with Crippen molar-refractivity contribution in [1.82, 2.24) is 15.4 Å². The molecule has 1 amide bonds. The molecule has 0 radical (unpaired) electrons. The number of halogens is 6. The molecule has 0 unspecified atom stereocenters. The topological polar surface area (TPSA) is 70.1 Å². The highest BCUT2D eigenvalue weighted by Gasteiger charge is 2.31. The zero-order chi connectivity index (χ0) is 27.1. The monoisotopic (exact) mass is 526 g/mol. The van der Waals surface area contributed by atoms with Crippen molar-refractivity contribution in [3.8, 4) is 11.3 Å². The molecular weight excluding hydrogens is 510 g/mol. The third-order valence-corrected chi connectivity index (χ3v) is 5.83. The van der Waals surface area contributed by atoms with Gasteiger partial charge in [0.15, 0.2) is 0 Å². The number of hydrogen-bond acceptors (Lipinski definition) is 3. The molecule has 11 heteroatoms. The smallest absolute Gasteiger partial charge is 0.353 e. The van der Waals surface area contributed by atoms with Crippen molar-refractivity contribution in [3.63, 3.8) is 0 Å². The molecule has 2 N–H and O–H groups in total. The van der Waals surface area contributed by atoms with Crippen LogP contribution in [0, 0.1) is 0 Å². The zero-order valence-electron chi connectivity index (χ0n) is 19.2. The van der Waals surface area contributed by atoms with Crippen molar-refractivity contribution in [2.24, 2.45) is 5.10 Å². The van der Waals surface area contributed by atoms with Gasteiger partial charge in [0.2, 0.25) is 0 Å². The highest BCUT2D eigenvalue weighted by Crippen LogP contribution is 2.35. The number of rotatable bonds is 4. The summed E-state index contributed by atoms with van der Waals surface area (Å²) in [5, 5.41) is 5.21. The van der Waals surface area contributed by atoms with E-state index in [1.807, 2.05) is 24.3 Å². The van der Waals surface area contributed by atoms with Gasteiger partial charge in [0.05, 0.1) is 28.6 Å². The lowest BCUT2D eigenvalue weighted by Gasteiger charge is -2.09. The van der Waals surface area contributed by atoms with Gasteiger partial charge in [-0.1, -0.05) is 42.5 Å². The zero-order valence-corrected chi connectivity index (χ0v) is 19.2.